The first-order valence-electron chi connectivity index (χ1n) is 18.7. The van der Waals surface area contributed by atoms with Gasteiger partial charge in [-0.25, -0.2) is 15.0 Å². The van der Waals surface area contributed by atoms with Crippen LogP contribution in [0.3, 0.4) is 0 Å². The maximum absolute atomic E-state index is 6.81. The molecule has 262 valence electrons. The third kappa shape index (κ3) is 5.56. The number of rotatable bonds is 6. The van der Waals surface area contributed by atoms with E-state index in [4.69, 9.17) is 19.4 Å². The van der Waals surface area contributed by atoms with Crippen LogP contribution in [0.15, 0.2) is 192 Å². The van der Waals surface area contributed by atoms with E-state index in [0.29, 0.717) is 17.5 Å². The smallest absolute Gasteiger partial charge is 0.167 e. The largest absolute Gasteiger partial charge is 0.455 e. The number of aromatic nitrogens is 3. The Balaban J connectivity index is 1.07. The summed E-state index contributed by atoms with van der Waals surface area (Å²) in [7, 11) is 0. The summed E-state index contributed by atoms with van der Waals surface area (Å²) in [5.41, 5.74) is 11.3. The summed E-state index contributed by atoms with van der Waals surface area (Å²) < 4.78 is 9.35. The molecule has 0 aliphatic rings. The second kappa shape index (κ2) is 13.3. The molecule has 0 atom stereocenters. The van der Waals surface area contributed by atoms with Gasteiger partial charge in [-0.15, -0.1) is 11.3 Å². The van der Waals surface area contributed by atoms with Gasteiger partial charge in [0.05, 0.1) is 5.56 Å². The van der Waals surface area contributed by atoms with Gasteiger partial charge in [0.2, 0.25) is 0 Å². The van der Waals surface area contributed by atoms with Crippen LogP contribution < -0.4 is 0 Å². The number of hydrogen-bond donors (Lipinski definition) is 0. The van der Waals surface area contributed by atoms with Gasteiger partial charge in [0, 0.05) is 42.1 Å². The van der Waals surface area contributed by atoms with Crippen molar-refractivity contribution in [2.24, 2.45) is 0 Å². The molecule has 0 N–H and O–H groups in total. The van der Waals surface area contributed by atoms with E-state index >= 15 is 0 Å². The first-order valence-corrected chi connectivity index (χ1v) is 19.5. The Bertz CT molecular complexity index is 3180. The second-order valence-corrected chi connectivity index (χ2v) is 15.1. The zero-order valence-electron chi connectivity index (χ0n) is 30.1. The lowest BCUT2D eigenvalue weighted by atomic mass is 9.92. The molecule has 11 rings (SSSR count). The SMILES string of the molecule is c1ccc(-c2cccc(-c3cc(-c4ccc5c(c4)oc4c(-c6nc(-c7ccccc7)nc(-c7ccccc7)n6)cccc45)cc4sc5ccccc5c34)c2)cc1. The zero-order chi connectivity index (χ0) is 37.0. The summed E-state index contributed by atoms with van der Waals surface area (Å²) in [4.78, 5) is 14.9. The zero-order valence-corrected chi connectivity index (χ0v) is 30.9. The highest BCUT2D eigenvalue weighted by Gasteiger charge is 2.19. The minimum absolute atomic E-state index is 0.570. The van der Waals surface area contributed by atoms with Crippen molar-refractivity contribution >= 4 is 53.4 Å². The molecular weight excluding hydrogens is 703 g/mol. The van der Waals surface area contributed by atoms with Gasteiger partial charge in [0.1, 0.15) is 11.2 Å². The fourth-order valence-corrected chi connectivity index (χ4v) is 9.00. The van der Waals surface area contributed by atoms with E-state index in [1.165, 1.54) is 42.4 Å². The lowest BCUT2D eigenvalue weighted by Gasteiger charge is -2.11. The highest BCUT2D eigenvalue weighted by atomic mass is 32.1. The number of fused-ring (bicyclic) bond motifs is 6. The van der Waals surface area contributed by atoms with Crippen LogP contribution >= 0.6 is 11.3 Å². The van der Waals surface area contributed by atoms with Crippen molar-refractivity contribution in [3.8, 4) is 67.5 Å². The molecule has 0 radical (unpaired) electrons. The van der Waals surface area contributed by atoms with Gasteiger partial charge < -0.3 is 4.42 Å². The number of benzene rings is 8. The molecule has 0 aliphatic carbocycles. The first-order chi connectivity index (χ1) is 27.7. The molecule has 0 aliphatic heterocycles. The third-order valence-electron chi connectivity index (χ3n) is 10.5. The molecule has 0 saturated carbocycles. The lowest BCUT2D eigenvalue weighted by molar-refractivity contribution is 0.669. The Morgan fingerprint density at radius 3 is 1.68 bits per heavy atom. The molecule has 0 fully saturated rings. The normalized spacial score (nSPS) is 11.6. The van der Waals surface area contributed by atoms with Crippen LogP contribution in [0.2, 0.25) is 0 Å². The van der Waals surface area contributed by atoms with Gasteiger partial charge in [0.15, 0.2) is 17.5 Å². The second-order valence-electron chi connectivity index (χ2n) is 14.0. The Morgan fingerprint density at radius 1 is 0.339 bits per heavy atom. The van der Waals surface area contributed by atoms with Crippen LogP contribution in [-0.2, 0) is 0 Å². The molecule has 8 aromatic carbocycles. The summed E-state index contributed by atoms with van der Waals surface area (Å²) in [6, 6.07) is 65.8. The minimum atomic E-state index is 0.570. The van der Waals surface area contributed by atoms with Crippen molar-refractivity contribution in [1.82, 2.24) is 15.0 Å². The number of furan rings is 1. The van der Waals surface area contributed by atoms with Gasteiger partial charge >= 0.3 is 0 Å². The molecule has 0 spiro atoms. The third-order valence-corrected chi connectivity index (χ3v) is 11.6. The van der Waals surface area contributed by atoms with Crippen molar-refractivity contribution in [2.45, 2.75) is 0 Å². The van der Waals surface area contributed by atoms with Gasteiger partial charge in [-0.3, -0.25) is 0 Å². The van der Waals surface area contributed by atoms with Gasteiger partial charge in [-0.05, 0) is 75.8 Å². The number of thiophene rings is 1. The van der Waals surface area contributed by atoms with E-state index in [2.05, 4.69) is 121 Å². The van der Waals surface area contributed by atoms with Gasteiger partial charge in [-0.2, -0.15) is 0 Å². The number of para-hydroxylation sites is 1. The van der Waals surface area contributed by atoms with Crippen LogP contribution in [0.25, 0.3) is 110 Å². The fourth-order valence-electron chi connectivity index (χ4n) is 7.83. The van der Waals surface area contributed by atoms with Crippen molar-refractivity contribution in [3.63, 3.8) is 0 Å². The van der Waals surface area contributed by atoms with Crippen molar-refractivity contribution in [2.75, 3.05) is 0 Å². The Hall–Kier alpha value is -7.21. The van der Waals surface area contributed by atoms with Crippen molar-refractivity contribution < 1.29 is 4.42 Å². The van der Waals surface area contributed by atoms with Gasteiger partial charge in [-0.1, -0.05) is 146 Å². The van der Waals surface area contributed by atoms with Crippen LogP contribution in [-0.4, -0.2) is 15.0 Å². The fraction of sp³-hybridized carbons (Fsp3) is 0. The van der Waals surface area contributed by atoms with E-state index < -0.39 is 0 Å². The maximum Gasteiger partial charge on any atom is 0.167 e. The van der Waals surface area contributed by atoms with Gasteiger partial charge in [0.25, 0.3) is 0 Å². The van der Waals surface area contributed by atoms with Crippen LogP contribution in [0.1, 0.15) is 0 Å². The highest BCUT2D eigenvalue weighted by molar-refractivity contribution is 7.26. The Labute approximate surface area is 327 Å². The summed E-state index contributed by atoms with van der Waals surface area (Å²) in [5, 5.41) is 4.63. The van der Waals surface area contributed by atoms with Crippen molar-refractivity contribution in [1.29, 1.82) is 0 Å². The molecular formula is C51H31N3OS. The monoisotopic (exact) mass is 733 g/mol. The average molecular weight is 734 g/mol. The van der Waals surface area contributed by atoms with Crippen molar-refractivity contribution in [3.05, 3.63) is 188 Å². The molecule has 0 bridgehead atoms. The molecule has 11 aromatic rings. The standard InChI is InChI=1S/C51H31N3OS/c1-4-14-32(15-5-1)35-20-12-21-37(28-35)43-29-38(31-46-47(43)41-22-10-11-25-45(41)56-46)36-26-27-39-40-23-13-24-42(48(40)55-44(39)30-36)51-53-49(33-16-6-2-7-17-33)52-50(54-51)34-18-8-3-9-19-34/h1-31H. The minimum Gasteiger partial charge on any atom is -0.455 e. The number of nitrogens with zero attached hydrogens (tertiary/aromatic N) is 3. The lowest BCUT2D eigenvalue weighted by Crippen LogP contribution is -2.00. The van der Waals surface area contributed by atoms with E-state index in [0.717, 1.165) is 49.8 Å². The summed E-state index contributed by atoms with van der Waals surface area (Å²) in [5.74, 6) is 1.80. The first kappa shape index (κ1) is 32.2. The molecule has 3 heterocycles. The van der Waals surface area contributed by atoms with E-state index in [1.54, 1.807) is 0 Å². The maximum atomic E-state index is 6.81. The molecule has 0 amide bonds. The van der Waals surface area contributed by atoms with Crippen LogP contribution in [0, 0.1) is 0 Å². The topological polar surface area (TPSA) is 51.8 Å². The van der Waals surface area contributed by atoms with E-state index in [1.807, 2.05) is 78.1 Å². The molecule has 0 saturated heterocycles. The van der Waals surface area contributed by atoms with E-state index in [9.17, 15) is 0 Å². The summed E-state index contributed by atoms with van der Waals surface area (Å²) >= 11 is 1.84. The molecule has 5 heteroatoms. The summed E-state index contributed by atoms with van der Waals surface area (Å²) in [6.07, 6.45) is 0. The molecule has 56 heavy (non-hydrogen) atoms. The summed E-state index contributed by atoms with van der Waals surface area (Å²) in [6.45, 7) is 0. The van der Waals surface area contributed by atoms with Crippen LogP contribution in [0.5, 0.6) is 0 Å². The Kier molecular flexibility index (Phi) is 7.64. The van der Waals surface area contributed by atoms with Crippen LogP contribution in [0.4, 0.5) is 0 Å². The highest BCUT2D eigenvalue weighted by Crippen LogP contribution is 2.44. The predicted octanol–water partition coefficient (Wildman–Crippen LogP) is 14.1. The quantitative estimate of drug-likeness (QED) is 0.171. The number of hydrogen-bond acceptors (Lipinski definition) is 5. The average Bonchev–Trinajstić information content (AvgIpc) is 3.85. The Morgan fingerprint density at radius 2 is 0.929 bits per heavy atom. The van der Waals surface area contributed by atoms with E-state index in [-0.39, 0.29) is 0 Å². The molecule has 0 unspecified atom stereocenters. The molecule has 3 aromatic heterocycles. The molecule has 4 nitrogen and oxygen atoms in total. The predicted molar refractivity (Wildman–Crippen MR) is 233 cm³/mol.